The molecule has 2 aromatic carbocycles. The van der Waals surface area contributed by atoms with Crippen molar-refractivity contribution in [2.24, 2.45) is 0 Å². The van der Waals surface area contributed by atoms with Crippen LogP contribution in [-0.2, 0) is 19.4 Å². The van der Waals surface area contributed by atoms with Gasteiger partial charge in [-0.25, -0.2) is 14.3 Å². The van der Waals surface area contributed by atoms with E-state index in [1.165, 1.54) is 10.6 Å². The van der Waals surface area contributed by atoms with Crippen LogP contribution in [0.25, 0.3) is 28.2 Å². The highest BCUT2D eigenvalue weighted by Crippen LogP contribution is 2.29. The minimum absolute atomic E-state index is 0.234. The monoisotopic (exact) mass is 497 g/mol. The molecule has 8 nitrogen and oxygen atoms in total. The second-order valence-corrected chi connectivity index (χ2v) is 8.97. The lowest BCUT2D eigenvalue weighted by atomic mass is 10.0. The molecule has 0 atom stereocenters. The fourth-order valence-corrected chi connectivity index (χ4v) is 4.69. The summed E-state index contributed by atoms with van der Waals surface area (Å²) in [5.74, 6) is 0.181. The van der Waals surface area contributed by atoms with Crippen LogP contribution in [0.1, 0.15) is 43.5 Å². The Morgan fingerprint density at radius 1 is 0.973 bits per heavy atom. The molecule has 9 heteroatoms. The van der Waals surface area contributed by atoms with Gasteiger partial charge in [-0.2, -0.15) is 0 Å². The lowest BCUT2D eigenvalue weighted by Gasteiger charge is -2.11. The SMILES string of the molecule is CCCc1cccc(F)c1-n1cc(CCC)n(Cc2ccc(-c3cnccc3-c3nnn[nH]3)cc2)c1=O. The van der Waals surface area contributed by atoms with Gasteiger partial charge in [-0.15, -0.1) is 5.10 Å². The number of hydrogen-bond donors (Lipinski definition) is 1. The molecule has 1 N–H and O–H groups in total. The molecular formula is C28H28FN7O. The van der Waals surface area contributed by atoms with Gasteiger partial charge >= 0.3 is 5.69 Å². The summed E-state index contributed by atoms with van der Waals surface area (Å²) >= 11 is 0. The zero-order chi connectivity index (χ0) is 25.8. The molecule has 0 aliphatic rings. The summed E-state index contributed by atoms with van der Waals surface area (Å²) in [5.41, 5.74) is 5.50. The van der Waals surface area contributed by atoms with E-state index in [2.05, 4.69) is 32.5 Å². The molecule has 0 fully saturated rings. The zero-order valence-electron chi connectivity index (χ0n) is 20.9. The first-order chi connectivity index (χ1) is 18.1. The number of halogens is 1. The lowest BCUT2D eigenvalue weighted by Crippen LogP contribution is -2.26. The van der Waals surface area contributed by atoms with Crippen LogP contribution in [0.3, 0.4) is 0 Å². The lowest BCUT2D eigenvalue weighted by molar-refractivity contribution is 0.609. The van der Waals surface area contributed by atoms with Gasteiger partial charge in [0.1, 0.15) is 5.82 Å². The summed E-state index contributed by atoms with van der Waals surface area (Å²) in [6.07, 6.45) is 8.44. The van der Waals surface area contributed by atoms with Crippen molar-refractivity contribution in [3.05, 3.63) is 100 Å². The Labute approximate surface area is 213 Å². The number of aromatic amines is 1. The van der Waals surface area contributed by atoms with Crippen LogP contribution in [0.5, 0.6) is 0 Å². The molecule has 37 heavy (non-hydrogen) atoms. The molecule has 3 heterocycles. The molecule has 0 saturated heterocycles. The second-order valence-electron chi connectivity index (χ2n) is 8.97. The smallest absolute Gasteiger partial charge is 0.292 e. The highest BCUT2D eigenvalue weighted by atomic mass is 19.1. The molecule has 0 spiro atoms. The second kappa shape index (κ2) is 10.7. The van der Waals surface area contributed by atoms with Crippen molar-refractivity contribution in [1.82, 2.24) is 34.7 Å². The third-order valence-corrected chi connectivity index (χ3v) is 6.43. The molecule has 0 bridgehead atoms. The number of imidazole rings is 1. The summed E-state index contributed by atoms with van der Waals surface area (Å²) in [7, 11) is 0. The number of pyridine rings is 1. The van der Waals surface area contributed by atoms with E-state index in [4.69, 9.17) is 0 Å². The molecular weight excluding hydrogens is 469 g/mol. The van der Waals surface area contributed by atoms with Gasteiger partial charge in [-0.3, -0.25) is 14.1 Å². The van der Waals surface area contributed by atoms with Gasteiger partial charge in [0.15, 0.2) is 5.82 Å². The van der Waals surface area contributed by atoms with Crippen LogP contribution in [0, 0.1) is 5.82 Å². The van der Waals surface area contributed by atoms with Gasteiger partial charge in [-0.05, 0) is 52.1 Å². The predicted molar refractivity (Wildman–Crippen MR) is 140 cm³/mol. The number of nitrogens with zero attached hydrogens (tertiary/aromatic N) is 6. The average molecular weight is 498 g/mol. The Hall–Kier alpha value is -4.40. The molecule has 3 aromatic heterocycles. The number of H-pyrrole nitrogens is 1. The quantitative estimate of drug-likeness (QED) is 0.310. The number of benzene rings is 2. The number of aromatic nitrogens is 7. The van der Waals surface area contributed by atoms with Crippen molar-refractivity contribution in [3.8, 4) is 28.2 Å². The first kappa shape index (κ1) is 24.3. The van der Waals surface area contributed by atoms with Gasteiger partial charge in [0, 0.05) is 35.4 Å². The fourth-order valence-electron chi connectivity index (χ4n) is 4.69. The Balaban J connectivity index is 1.49. The Kier molecular flexibility index (Phi) is 7.02. The van der Waals surface area contributed by atoms with Crippen molar-refractivity contribution < 1.29 is 4.39 Å². The van der Waals surface area contributed by atoms with E-state index in [0.29, 0.717) is 24.5 Å². The van der Waals surface area contributed by atoms with Gasteiger partial charge < -0.3 is 0 Å². The van der Waals surface area contributed by atoms with Gasteiger partial charge in [0.25, 0.3) is 0 Å². The van der Waals surface area contributed by atoms with E-state index in [9.17, 15) is 9.18 Å². The molecule has 0 aliphatic carbocycles. The molecule has 5 aromatic rings. The first-order valence-electron chi connectivity index (χ1n) is 12.5. The van der Waals surface area contributed by atoms with Crippen LogP contribution < -0.4 is 5.69 Å². The standard InChI is InChI=1S/C28H28FN7O/c1-3-6-21-8-5-9-25(29)26(21)36-18-22(7-4-2)35(28(36)37)17-19-10-12-20(13-11-19)24-16-30-15-14-23(24)27-31-33-34-32-27/h5,8-16,18H,3-4,6-7,17H2,1-2H3,(H,31,32,33,34). The minimum atomic E-state index is -0.383. The van der Waals surface area contributed by atoms with Crippen molar-refractivity contribution >= 4 is 0 Å². The maximum Gasteiger partial charge on any atom is 0.333 e. The van der Waals surface area contributed by atoms with Crippen molar-refractivity contribution in [2.75, 3.05) is 0 Å². The number of tetrazole rings is 1. The highest BCUT2D eigenvalue weighted by Gasteiger charge is 2.18. The highest BCUT2D eigenvalue weighted by molar-refractivity contribution is 5.79. The van der Waals surface area contributed by atoms with Crippen LogP contribution in [0.4, 0.5) is 4.39 Å². The Bertz CT molecular complexity index is 1550. The van der Waals surface area contributed by atoms with Crippen molar-refractivity contribution in [1.29, 1.82) is 0 Å². The average Bonchev–Trinajstić information content (AvgIpc) is 3.55. The van der Waals surface area contributed by atoms with E-state index >= 15 is 0 Å². The van der Waals surface area contributed by atoms with E-state index in [1.54, 1.807) is 29.2 Å². The Morgan fingerprint density at radius 2 is 1.78 bits per heavy atom. The van der Waals surface area contributed by atoms with E-state index < -0.39 is 0 Å². The van der Waals surface area contributed by atoms with Crippen molar-refractivity contribution in [2.45, 2.75) is 46.1 Å². The number of aryl methyl sites for hydroxylation is 2. The van der Waals surface area contributed by atoms with E-state index in [-0.39, 0.29) is 11.5 Å². The summed E-state index contributed by atoms with van der Waals surface area (Å²) in [6.45, 7) is 4.51. The Morgan fingerprint density at radius 3 is 2.51 bits per heavy atom. The van der Waals surface area contributed by atoms with Crippen molar-refractivity contribution in [3.63, 3.8) is 0 Å². The number of rotatable bonds is 9. The summed E-state index contributed by atoms with van der Waals surface area (Å²) in [6, 6.07) is 14.9. The number of para-hydroxylation sites is 1. The zero-order valence-corrected chi connectivity index (χ0v) is 20.9. The van der Waals surface area contributed by atoms with E-state index in [1.807, 2.05) is 43.3 Å². The summed E-state index contributed by atoms with van der Waals surface area (Å²) < 4.78 is 18.2. The molecule has 0 aliphatic heterocycles. The summed E-state index contributed by atoms with van der Waals surface area (Å²) in [4.78, 5) is 17.8. The van der Waals surface area contributed by atoms with Gasteiger partial charge in [-0.1, -0.05) is 63.1 Å². The van der Waals surface area contributed by atoms with Gasteiger partial charge in [0.05, 0.1) is 12.2 Å². The van der Waals surface area contributed by atoms with E-state index in [0.717, 1.165) is 52.8 Å². The third kappa shape index (κ3) is 4.84. The molecule has 0 saturated carbocycles. The molecule has 188 valence electrons. The normalized spacial score (nSPS) is 11.2. The van der Waals surface area contributed by atoms with Crippen LogP contribution in [-0.4, -0.2) is 34.7 Å². The van der Waals surface area contributed by atoms with Crippen LogP contribution in [0.2, 0.25) is 0 Å². The molecule has 0 radical (unpaired) electrons. The van der Waals surface area contributed by atoms with Gasteiger partial charge in [0.2, 0.25) is 0 Å². The fraction of sp³-hybridized carbons (Fsp3) is 0.250. The topological polar surface area (TPSA) is 94.3 Å². The minimum Gasteiger partial charge on any atom is -0.292 e. The third-order valence-electron chi connectivity index (χ3n) is 6.43. The molecule has 0 amide bonds. The number of hydrogen-bond acceptors (Lipinski definition) is 5. The summed E-state index contributed by atoms with van der Waals surface area (Å²) in [5, 5.41) is 14.2. The molecule has 5 rings (SSSR count). The predicted octanol–water partition coefficient (Wildman–Crippen LogP) is 4.97. The van der Waals surface area contributed by atoms with Crippen LogP contribution >= 0.6 is 0 Å². The maximum atomic E-state index is 14.9. The van der Waals surface area contributed by atoms with Crippen LogP contribution in [0.15, 0.2) is 71.9 Å². The maximum absolute atomic E-state index is 14.9. The molecule has 0 unspecified atom stereocenters. The number of nitrogens with one attached hydrogen (secondary N) is 1. The first-order valence-corrected chi connectivity index (χ1v) is 12.5. The largest absolute Gasteiger partial charge is 0.333 e.